The molecule has 3 nitrogen and oxygen atoms in total. The lowest BCUT2D eigenvalue weighted by Gasteiger charge is -2.32. The highest BCUT2D eigenvalue weighted by Gasteiger charge is 2.28. The van der Waals surface area contributed by atoms with Gasteiger partial charge in [-0.3, -0.25) is 4.90 Å². The minimum Gasteiger partial charge on any atom is -0.504 e. The third-order valence-corrected chi connectivity index (χ3v) is 6.18. The van der Waals surface area contributed by atoms with Crippen LogP contribution < -0.4 is 4.90 Å². The maximum absolute atomic E-state index is 14.1. The molecule has 0 bridgehead atoms. The van der Waals surface area contributed by atoms with Crippen molar-refractivity contribution in [3.05, 3.63) is 100 Å². The van der Waals surface area contributed by atoms with Crippen molar-refractivity contribution in [3.8, 4) is 5.75 Å². The summed E-state index contributed by atoms with van der Waals surface area (Å²) in [5.74, 6) is -0.296. The molecule has 0 unspecified atom stereocenters. The summed E-state index contributed by atoms with van der Waals surface area (Å²) in [6.45, 7) is 8.34. The Labute approximate surface area is 180 Å². The van der Waals surface area contributed by atoms with E-state index in [1.807, 2.05) is 30.0 Å². The lowest BCUT2D eigenvalue weighted by atomic mass is 9.95. The van der Waals surface area contributed by atoms with E-state index in [0.717, 1.165) is 28.5 Å². The van der Waals surface area contributed by atoms with Crippen molar-refractivity contribution in [3.63, 3.8) is 0 Å². The molecule has 3 aromatic rings. The monoisotopic (exact) mass is 418 g/mol. The van der Waals surface area contributed by atoms with Gasteiger partial charge in [-0.05, 0) is 56.5 Å². The normalized spacial score (nSPS) is 14.3. The molecule has 1 aromatic heterocycles. The molecule has 4 rings (SSSR count). The number of para-hydroxylation sites is 1. The van der Waals surface area contributed by atoms with E-state index in [2.05, 4.69) is 37.8 Å². The van der Waals surface area contributed by atoms with Crippen LogP contribution in [0.25, 0.3) is 5.70 Å². The third kappa shape index (κ3) is 3.81. The molecule has 30 heavy (non-hydrogen) atoms. The molecule has 2 aromatic carbocycles. The molecule has 5 heteroatoms. The minimum atomic E-state index is -0.655. The number of allylic oxidation sites excluding steroid dienone is 1. The van der Waals surface area contributed by atoms with Crippen molar-refractivity contribution in [1.29, 1.82) is 0 Å². The maximum atomic E-state index is 14.1. The molecule has 0 fully saturated rings. The summed E-state index contributed by atoms with van der Waals surface area (Å²) in [7, 11) is 0. The van der Waals surface area contributed by atoms with Crippen molar-refractivity contribution < 1.29 is 9.50 Å². The van der Waals surface area contributed by atoms with Crippen molar-refractivity contribution in [2.45, 2.75) is 26.7 Å². The van der Waals surface area contributed by atoms with Gasteiger partial charge in [-0.1, -0.05) is 43.0 Å². The topological polar surface area (TPSA) is 35.8 Å². The van der Waals surface area contributed by atoms with Gasteiger partial charge in [0.1, 0.15) is 10.8 Å². The van der Waals surface area contributed by atoms with Crippen LogP contribution in [0, 0.1) is 12.7 Å². The first-order valence-electron chi connectivity index (χ1n) is 9.81. The number of amidine groups is 1. The Morgan fingerprint density at radius 1 is 1.00 bits per heavy atom. The van der Waals surface area contributed by atoms with Crippen LogP contribution in [0.15, 0.2) is 83.5 Å². The zero-order chi connectivity index (χ0) is 21.3. The van der Waals surface area contributed by atoms with E-state index in [0.29, 0.717) is 17.7 Å². The van der Waals surface area contributed by atoms with Crippen molar-refractivity contribution in [2.75, 3.05) is 4.90 Å². The molecule has 152 valence electrons. The van der Waals surface area contributed by atoms with Crippen LogP contribution in [0.4, 0.5) is 9.39 Å². The molecule has 0 saturated carbocycles. The standard InChI is InChI=1S/C25H23FN2OS/c1-16-12-15-23(30-16)28-17(2)20(14-13-19-8-5-4-6-9-19)24(27-18(28)3)21-10-7-11-22(26)25(21)29/h4-12,15,29H,2,13-14H2,1,3H3. The van der Waals surface area contributed by atoms with Gasteiger partial charge in [-0.2, -0.15) is 0 Å². The molecular weight excluding hydrogens is 395 g/mol. The number of thiophene rings is 1. The summed E-state index contributed by atoms with van der Waals surface area (Å²) in [5.41, 5.74) is 3.87. The fraction of sp³-hybridized carbons (Fsp3) is 0.160. The van der Waals surface area contributed by atoms with Gasteiger partial charge in [0.05, 0.1) is 5.70 Å². The van der Waals surface area contributed by atoms with E-state index in [1.54, 1.807) is 23.5 Å². The highest BCUT2D eigenvalue weighted by atomic mass is 32.1. The van der Waals surface area contributed by atoms with Crippen LogP contribution in [0.2, 0.25) is 0 Å². The van der Waals surface area contributed by atoms with Gasteiger partial charge in [0, 0.05) is 21.7 Å². The van der Waals surface area contributed by atoms with Gasteiger partial charge in [-0.15, -0.1) is 11.3 Å². The fourth-order valence-corrected chi connectivity index (χ4v) is 4.62. The molecule has 2 heterocycles. The molecule has 0 radical (unpaired) electrons. The second-order valence-corrected chi connectivity index (χ2v) is 8.54. The van der Waals surface area contributed by atoms with E-state index < -0.39 is 5.82 Å². The van der Waals surface area contributed by atoms with Crippen LogP contribution in [-0.2, 0) is 6.42 Å². The van der Waals surface area contributed by atoms with Crippen LogP contribution in [0.5, 0.6) is 5.75 Å². The number of nitrogens with zero attached hydrogens (tertiary/aromatic N) is 2. The SMILES string of the molecule is C=C1C(CCc2ccccc2)=C(c2cccc(F)c2O)N=C(C)N1c1ccc(C)s1. The number of benzene rings is 2. The number of aryl methyl sites for hydroxylation is 2. The number of aliphatic imine (C=N–C) groups is 1. The second kappa shape index (κ2) is 8.28. The number of anilines is 1. The molecule has 0 saturated heterocycles. The Balaban J connectivity index is 1.80. The molecule has 0 aliphatic carbocycles. The first kappa shape index (κ1) is 20.1. The number of hydrogen-bond acceptors (Lipinski definition) is 4. The van der Waals surface area contributed by atoms with Crippen LogP contribution in [-0.4, -0.2) is 10.9 Å². The number of hydrogen-bond donors (Lipinski definition) is 1. The number of phenols is 1. The van der Waals surface area contributed by atoms with E-state index >= 15 is 0 Å². The summed E-state index contributed by atoms with van der Waals surface area (Å²) >= 11 is 1.67. The Bertz CT molecular complexity index is 1160. The smallest absolute Gasteiger partial charge is 0.165 e. The summed E-state index contributed by atoms with van der Waals surface area (Å²) in [5, 5.41) is 11.4. The Morgan fingerprint density at radius 3 is 2.47 bits per heavy atom. The summed E-state index contributed by atoms with van der Waals surface area (Å²) in [6, 6.07) is 18.9. The van der Waals surface area contributed by atoms with Gasteiger partial charge >= 0.3 is 0 Å². The van der Waals surface area contributed by atoms with Crippen LogP contribution >= 0.6 is 11.3 Å². The third-order valence-electron chi connectivity index (χ3n) is 5.20. The number of aromatic hydroxyl groups is 1. The first-order chi connectivity index (χ1) is 14.5. The number of halogens is 1. The molecule has 0 spiro atoms. The van der Waals surface area contributed by atoms with Gasteiger partial charge in [0.15, 0.2) is 11.6 Å². The largest absolute Gasteiger partial charge is 0.504 e. The van der Waals surface area contributed by atoms with Crippen LogP contribution in [0.3, 0.4) is 0 Å². The van der Waals surface area contributed by atoms with Gasteiger partial charge in [-0.25, -0.2) is 9.38 Å². The minimum absolute atomic E-state index is 0.380. The molecular formula is C25H23FN2OS. The lowest BCUT2D eigenvalue weighted by molar-refractivity contribution is 0.430. The van der Waals surface area contributed by atoms with Gasteiger partial charge in [0.25, 0.3) is 0 Å². The molecule has 1 N–H and O–H groups in total. The fourth-order valence-electron chi connectivity index (χ4n) is 3.69. The van der Waals surface area contributed by atoms with E-state index in [1.165, 1.54) is 16.5 Å². The lowest BCUT2D eigenvalue weighted by Crippen LogP contribution is -2.31. The second-order valence-electron chi connectivity index (χ2n) is 7.27. The van der Waals surface area contributed by atoms with Crippen LogP contribution in [0.1, 0.15) is 29.3 Å². The quantitative estimate of drug-likeness (QED) is 0.501. The van der Waals surface area contributed by atoms with Crippen molar-refractivity contribution in [1.82, 2.24) is 0 Å². The van der Waals surface area contributed by atoms with Crippen molar-refractivity contribution >= 4 is 27.9 Å². The summed E-state index contributed by atoms with van der Waals surface area (Å²) < 4.78 is 14.1. The first-order valence-corrected chi connectivity index (χ1v) is 10.6. The highest BCUT2D eigenvalue weighted by Crippen LogP contribution is 2.41. The van der Waals surface area contributed by atoms with Crippen molar-refractivity contribution in [2.24, 2.45) is 4.99 Å². The molecule has 0 amide bonds. The average molecular weight is 419 g/mol. The van der Waals surface area contributed by atoms with Gasteiger partial charge in [0.2, 0.25) is 0 Å². The summed E-state index contributed by atoms with van der Waals surface area (Å²) in [4.78, 5) is 8.05. The molecule has 1 aliphatic rings. The molecule has 0 atom stereocenters. The maximum Gasteiger partial charge on any atom is 0.165 e. The zero-order valence-corrected chi connectivity index (χ0v) is 17.8. The predicted octanol–water partition coefficient (Wildman–Crippen LogP) is 6.70. The van der Waals surface area contributed by atoms with E-state index in [-0.39, 0.29) is 5.75 Å². The molecule has 1 aliphatic heterocycles. The zero-order valence-electron chi connectivity index (χ0n) is 17.0. The summed E-state index contributed by atoms with van der Waals surface area (Å²) in [6.07, 6.45) is 1.46. The Morgan fingerprint density at radius 2 is 1.77 bits per heavy atom. The average Bonchev–Trinajstić information content (AvgIpc) is 3.15. The van der Waals surface area contributed by atoms with E-state index in [4.69, 9.17) is 4.99 Å². The van der Waals surface area contributed by atoms with E-state index in [9.17, 15) is 9.50 Å². The Kier molecular flexibility index (Phi) is 5.55. The number of phenolic OH excluding ortho intramolecular Hbond substituents is 1. The van der Waals surface area contributed by atoms with Gasteiger partial charge < -0.3 is 5.11 Å². The highest BCUT2D eigenvalue weighted by molar-refractivity contribution is 7.16. The Hall–Kier alpha value is -3.18. The predicted molar refractivity (Wildman–Crippen MR) is 124 cm³/mol. The number of rotatable bonds is 5.